The van der Waals surface area contributed by atoms with Crippen molar-refractivity contribution >= 4 is 47.3 Å². The van der Waals surface area contributed by atoms with Crippen LogP contribution in [-0.2, 0) is 0 Å². The fraction of sp³-hybridized carbons (Fsp3) is 0.400. The van der Waals surface area contributed by atoms with Gasteiger partial charge in [-0.25, -0.2) is 4.98 Å². The van der Waals surface area contributed by atoms with E-state index in [1.54, 1.807) is 0 Å². The summed E-state index contributed by atoms with van der Waals surface area (Å²) in [5.74, 6) is 0. The Kier molecular flexibility index (Phi) is 7.17. The number of hydrogen-bond donors (Lipinski definition) is 1. The molecule has 0 unspecified atom stereocenters. The molecule has 3 rings (SSSR count). The molecule has 2 aromatic rings. The van der Waals surface area contributed by atoms with Crippen LogP contribution in [0.5, 0.6) is 0 Å². The van der Waals surface area contributed by atoms with Gasteiger partial charge in [0.2, 0.25) is 0 Å². The smallest absolute Gasteiger partial charge is 0.134 e. The van der Waals surface area contributed by atoms with Gasteiger partial charge < -0.3 is 5.32 Å². The topological polar surface area (TPSA) is 28.2 Å². The van der Waals surface area contributed by atoms with Gasteiger partial charge in [-0.1, -0.05) is 29.8 Å². The Morgan fingerprint density at radius 3 is 2.57 bits per heavy atom. The highest BCUT2D eigenvalue weighted by atomic mass is 35.5. The average Bonchev–Trinajstić information content (AvgIpc) is 2.47. The highest BCUT2D eigenvalue weighted by Crippen LogP contribution is 2.29. The van der Waals surface area contributed by atoms with Gasteiger partial charge in [-0.2, -0.15) is 0 Å². The quantitative estimate of drug-likeness (QED) is 0.839. The first-order valence-corrected chi connectivity index (χ1v) is 7.13. The van der Waals surface area contributed by atoms with E-state index in [1.807, 2.05) is 18.2 Å². The summed E-state index contributed by atoms with van der Waals surface area (Å²) in [6.45, 7) is 6.42. The molecule has 6 heteroatoms. The number of rotatable bonds is 2. The van der Waals surface area contributed by atoms with Gasteiger partial charge in [0.25, 0.3) is 0 Å². The first-order chi connectivity index (χ1) is 9.25. The highest BCUT2D eigenvalue weighted by molar-refractivity contribution is 6.30. The first kappa shape index (κ1) is 18.5. The molecule has 3 nitrogen and oxygen atoms in total. The standard InChI is InChI=1S/C15H18ClN3.2ClH/c1-11(19-8-6-17-7-9-19)13-10-12-4-2-3-5-14(12)18-15(13)16;;/h2-5,10-11,17H,6-9H2,1H3;2*1H/t11-;;/m1../s1. The minimum atomic E-state index is 0. The fourth-order valence-electron chi connectivity index (χ4n) is 2.67. The third-order valence-corrected chi connectivity index (χ3v) is 4.16. The third-order valence-electron chi connectivity index (χ3n) is 3.85. The molecule has 1 fully saturated rings. The van der Waals surface area contributed by atoms with Crippen LogP contribution in [0.25, 0.3) is 10.9 Å². The molecule has 1 N–H and O–H groups in total. The summed E-state index contributed by atoms with van der Waals surface area (Å²) in [5.41, 5.74) is 2.09. The van der Waals surface area contributed by atoms with Crippen molar-refractivity contribution in [2.24, 2.45) is 0 Å². The van der Waals surface area contributed by atoms with E-state index in [-0.39, 0.29) is 24.8 Å². The minimum Gasteiger partial charge on any atom is -0.314 e. The van der Waals surface area contributed by atoms with Crippen LogP contribution >= 0.6 is 36.4 Å². The maximum Gasteiger partial charge on any atom is 0.134 e. The molecule has 1 aromatic carbocycles. The number of aromatic nitrogens is 1. The monoisotopic (exact) mass is 347 g/mol. The van der Waals surface area contributed by atoms with Crippen molar-refractivity contribution in [2.45, 2.75) is 13.0 Å². The Morgan fingerprint density at radius 1 is 1.19 bits per heavy atom. The fourth-order valence-corrected chi connectivity index (χ4v) is 2.97. The Labute approximate surface area is 142 Å². The molecule has 0 saturated carbocycles. The molecule has 2 heterocycles. The molecule has 116 valence electrons. The van der Waals surface area contributed by atoms with Crippen LogP contribution in [-0.4, -0.2) is 36.1 Å². The number of benzene rings is 1. The van der Waals surface area contributed by atoms with E-state index >= 15 is 0 Å². The summed E-state index contributed by atoms with van der Waals surface area (Å²) in [7, 11) is 0. The lowest BCUT2D eigenvalue weighted by molar-refractivity contribution is 0.185. The number of nitrogens with one attached hydrogen (secondary N) is 1. The summed E-state index contributed by atoms with van der Waals surface area (Å²) in [6.07, 6.45) is 0. The lowest BCUT2D eigenvalue weighted by Crippen LogP contribution is -2.44. The zero-order chi connectivity index (χ0) is 13.2. The third kappa shape index (κ3) is 3.99. The zero-order valence-corrected chi connectivity index (χ0v) is 14.3. The van der Waals surface area contributed by atoms with Gasteiger partial charge in [0, 0.05) is 43.2 Å². The maximum absolute atomic E-state index is 6.36. The lowest BCUT2D eigenvalue weighted by atomic mass is 10.1. The normalized spacial score (nSPS) is 16.9. The largest absolute Gasteiger partial charge is 0.314 e. The molecule has 0 spiro atoms. The van der Waals surface area contributed by atoms with Gasteiger partial charge in [0.15, 0.2) is 0 Å². The van der Waals surface area contributed by atoms with Gasteiger partial charge >= 0.3 is 0 Å². The van der Waals surface area contributed by atoms with Crippen molar-refractivity contribution in [1.29, 1.82) is 0 Å². The van der Waals surface area contributed by atoms with Gasteiger partial charge in [-0.15, -0.1) is 24.8 Å². The summed E-state index contributed by atoms with van der Waals surface area (Å²) < 4.78 is 0. The highest BCUT2D eigenvalue weighted by Gasteiger charge is 2.20. The van der Waals surface area contributed by atoms with Crippen molar-refractivity contribution in [3.05, 3.63) is 41.0 Å². The van der Waals surface area contributed by atoms with Crippen LogP contribution in [0.2, 0.25) is 5.15 Å². The molecule has 1 aliphatic rings. The van der Waals surface area contributed by atoms with E-state index < -0.39 is 0 Å². The maximum atomic E-state index is 6.36. The molecular formula is C15H20Cl3N3. The van der Waals surface area contributed by atoms with Crippen molar-refractivity contribution < 1.29 is 0 Å². The van der Waals surface area contributed by atoms with Crippen LogP contribution in [0.3, 0.4) is 0 Å². The van der Waals surface area contributed by atoms with E-state index in [1.165, 1.54) is 0 Å². The van der Waals surface area contributed by atoms with Crippen LogP contribution in [0.15, 0.2) is 30.3 Å². The predicted octanol–water partition coefficient (Wildman–Crippen LogP) is 3.70. The Balaban J connectivity index is 0.00000110. The molecule has 1 saturated heterocycles. The number of hydrogen-bond acceptors (Lipinski definition) is 3. The Bertz CT molecular complexity index is 585. The SMILES string of the molecule is C[C@H](c1cc2ccccc2nc1Cl)N1CCNCC1.Cl.Cl. The summed E-state index contributed by atoms with van der Waals surface area (Å²) in [5, 5.41) is 5.16. The molecule has 1 atom stereocenters. The van der Waals surface area contributed by atoms with Crippen LogP contribution in [0.4, 0.5) is 0 Å². The van der Waals surface area contributed by atoms with E-state index in [4.69, 9.17) is 11.6 Å². The van der Waals surface area contributed by atoms with E-state index in [0.29, 0.717) is 11.2 Å². The molecule has 0 aliphatic carbocycles. The first-order valence-electron chi connectivity index (χ1n) is 6.75. The summed E-state index contributed by atoms with van der Waals surface area (Å²) in [4.78, 5) is 6.97. The van der Waals surface area contributed by atoms with Crippen molar-refractivity contribution in [3.63, 3.8) is 0 Å². The number of fused-ring (bicyclic) bond motifs is 1. The second kappa shape index (κ2) is 8.16. The number of piperazine rings is 1. The number of halogens is 3. The van der Waals surface area contributed by atoms with Gasteiger partial charge in [0.1, 0.15) is 5.15 Å². The molecule has 0 bridgehead atoms. The van der Waals surface area contributed by atoms with Crippen LogP contribution < -0.4 is 5.32 Å². The molecule has 0 radical (unpaired) electrons. The van der Waals surface area contributed by atoms with Crippen LogP contribution in [0.1, 0.15) is 18.5 Å². The molecule has 1 aromatic heterocycles. The Morgan fingerprint density at radius 2 is 1.86 bits per heavy atom. The van der Waals surface area contributed by atoms with Crippen molar-refractivity contribution in [2.75, 3.05) is 26.2 Å². The number of nitrogens with zero attached hydrogens (tertiary/aromatic N) is 2. The van der Waals surface area contributed by atoms with E-state index in [9.17, 15) is 0 Å². The molecular weight excluding hydrogens is 329 g/mol. The predicted molar refractivity (Wildman–Crippen MR) is 94.1 cm³/mol. The number of para-hydroxylation sites is 1. The van der Waals surface area contributed by atoms with E-state index in [0.717, 1.165) is 42.6 Å². The summed E-state index contributed by atoms with van der Waals surface area (Å²) in [6, 6.07) is 10.6. The zero-order valence-electron chi connectivity index (χ0n) is 11.9. The second-order valence-electron chi connectivity index (χ2n) is 5.02. The average molecular weight is 349 g/mol. The van der Waals surface area contributed by atoms with Crippen molar-refractivity contribution in [3.8, 4) is 0 Å². The molecule has 21 heavy (non-hydrogen) atoms. The second-order valence-corrected chi connectivity index (χ2v) is 5.38. The Hall–Kier alpha value is -0.580. The lowest BCUT2D eigenvalue weighted by Gasteiger charge is -2.33. The van der Waals surface area contributed by atoms with Gasteiger partial charge in [-0.05, 0) is 19.1 Å². The summed E-state index contributed by atoms with van der Waals surface area (Å²) >= 11 is 6.36. The molecule has 1 aliphatic heterocycles. The minimum absolute atomic E-state index is 0. The van der Waals surface area contributed by atoms with Gasteiger partial charge in [0.05, 0.1) is 5.52 Å². The van der Waals surface area contributed by atoms with Crippen LogP contribution in [0, 0.1) is 0 Å². The van der Waals surface area contributed by atoms with E-state index in [2.05, 4.69) is 34.3 Å². The van der Waals surface area contributed by atoms with Gasteiger partial charge in [-0.3, -0.25) is 4.90 Å². The van der Waals surface area contributed by atoms with Crippen molar-refractivity contribution in [1.82, 2.24) is 15.2 Å². The molecule has 0 amide bonds. The number of pyridine rings is 1.